The summed E-state index contributed by atoms with van der Waals surface area (Å²) in [7, 11) is 1.34. The maximum Gasteiger partial charge on any atom is 0.251 e. The molecule has 0 saturated carbocycles. The fourth-order valence-corrected chi connectivity index (χ4v) is 3.52. The van der Waals surface area contributed by atoms with Crippen LogP contribution in [0.1, 0.15) is 27.9 Å². The Balaban J connectivity index is 1.92. The highest BCUT2D eigenvalue weighted by Crippen LogP contribution is 2.28. The van der Waals surface area contributed by atoms with Crippen molar-refractivity contribution in [3.8, 4) is 11.5 Å². The van der Waals surface area contributed by atoms with Gasteiger partial charge >= 0.3 is 0 Å². The molecule has 2 rings (SSSR count). The number of aryl methyl sites for hydroxylation is 2. The number of methoxy groups -OCH3 is 2. The fourth-order valence-electron chi connectivity index (χ4n) is 2.96. The van der Waals surface area contributed by atoms with Crippen LogP contribution in [0.25, 0.3) is 0 Å². The molecular formula is C21H28N2O5S. The molecule has 2 aromatic carbocycles. The molecule has 0 fully saturated rings. The van der Waals surface area contributed by atoms with Crippen molar-refractivity contribution in [2.75, 3.05) is 38.4 Å². The quantitative estimate of drug-likeness (QED) is 0.631. The summed E-state index contributed by atoms with van der Waals surface area (Å²) in [4.78, 5) is 12.4. The Morgan fingerprint density at radius 3 is 2.34 bits per heavy atom. The molecule has 0 unspecified atom stereocenters. The van der Waals surface area contributed by atoms with E-state index >= 15 is 0 Å². The molecule has 0 aliphatic heterocycles. The first-order valence-electron chi connectivity index (χ1n) is 9.21. The topological polar surface area (TPSA) is 84.9 Å². The molecule has 29 heavy (non-hydrogen) atoms. The van der Waals surface area contributed by atoms with Gasteiger partial charge in [0.15, 0.2) is 11.5 Å². The number of anilines is 1. The van der Waals surface area contributed by atoms with E-state index in [1.807, 2.05) is 18.2 Å². The smallest absolute Gasteiger partial charge is 0.251 e. The highest BCUT2D eigenvalue weighted by atomic mass is 32.2. The normalized spacial score (nSPS) is 11.1. The Kier molecular flexibility index (Phi) is 7.50. The van der Waals surface area contributed by atoms with E-state index in [1.54, 1.807) is 39.3 Å². The van der Waals surface area contributed by atoms with Gasteiger partial charge in [-0.25, -0.2) is 8.42 Å². The number of carbonyl (C=O) groups excluding carboxylic acids is 1. The Morgan fingerprint density at radius 1 is 1.07 bits per heavy atom. The first kappa shape index (κ1) is 22.5. The zero-order valence-electron chi connectivity index (χ0n) is 17.5. The number of carbonyl (C=O) groups is 1. The van der Waals surface area contributed by atoms with Crippen molar-refractivity contribution in [2.24, 2.45) is 0 Å². The molecule has 0 bridgehead atoms. The molecule has 0 spiro atoms. The number of benzene rings is 2. The molecule has 7 nitrogen and oxygen atoms in total. The van der Waals surface area contributed by atoms with Crippen molar-refractivity contribution in [3.63, 3.8) is 0 Å². The summed E-state index contributed by atoms with van der Waals surface area (Å²) in [6.07, 6.45) is 2.71. The molecule has 0 heterocycles. The average molecular weight is 421 g/mol. The van der Waals surface area contributed by atoms with Crippen LogP contribution in [0.3, 0.4) is 0 Å². The molecule has 0 atom stereocenters. The zero-order valence-corrected chi connectivity index (χ0v) is 18.3. The lowest BCUT2D eigenvalue weighted by Gasteiger charge is -2.19. The predicted molar refractivity (Wildman–Crippen MR) is 115 cm³/mol. The van der Waals surface area contributed by atoms with Crippen molar-refractivity contribution in [1.82, 2.24) is 5.32 Å². The summed E-state index contributed by atoms with van der Waals surface area (Å²) in [6, 6.07) is 10.7. The Bertz CT molecular complexity index is 973. The minimum absolute atomic E-state index is 0.186. The van der Waals surface area contributed by atoms with Gasteiger partial charge in [-0.05, 0) is 61.2 Å². The van der Waals surface area contributed by atoms with Gasteiger partial charge in [0.05, 0.1) is 26.2 Å². The van der Waals surface area contributed by atoms with Crippen LogP contribution in [0.15, 0.2) is 36.4 Å². The van der Waals surface area contributed by atoms with Crippen LogP contribution in [0.5, 0.6) is 11.5 Å². The first-order chi connectivity index (χ1) is 13.7. The van der Waals surface area contributed by atoms with Crippen molar-refractivity contribution >= 4 is 21.6 Å². The molecule has 0 aliphatic carbocycles. The summed E-state index contributed by atoms with van der Waals surface area (Å²) >= 11 is 0. The number of hydrogen-bond donors (Lipinski definition) is 1. The number of ether oxygens (including phenoxy) is 2. The minimum atomic E-state index is -3.35. The first-order valence-corrected chi connectivity index (χ1v) is 11.1. The van der Waals surface area contributed by atoms with Gasteiger partial charge in [-0.3, -0.25) is 9.10 Å². The van der Waals surface area contributed by atoms with Crippen LogP contribution in [0, 0.1) is 6.92 Å². The number of amides is 1. The van der Waals surface area contributed by atoms with Crippen LogP contribution in [-0.2, 0) is 16.4 Å². The molecule has 0 aromatic heterocycles. The second-order valence-corrected chi connectivity index (χ2v) is 8.79. The molecule has 2 aromatic rings. The summed E-state index contributed by atoms with van der Waals surface area (Å²) in [5.74, 6) is 1.18. The maximum absolute atomic E-state index is 12.4. The summed E-state index contributed by atoms with van der Waals surface area (Å²) in [6.45, 7) is 2.31. The number of nitrogens with zero attached hydrogens (tertiary/aromatic N) is 1. The van der Waals surface area contributed by atoms with Gasteiger partial charge in [-0.1, -0.05) is 6.07 Å². The summed E-state index contributed by atoms with van der Waals surface area (Å²) in [5.41, 5.74) is 2.87. The summed E-state index contributed by atoms with van der Waals surface area (Å²) < 4.78 is 35.1. The fraction of sp³-hybridized carbons (Fsp3) is 0.381. The molecule has 0 saturated heterocycles. The van der Waals surface area contributed by atoms with E-state index in [2.05, 4.69) is 5.32 Å². The minimum Gasteiger partial charge on any atom is -0.493 e. The lowest BCUT2D eigenvalue weighted by atomic mass is 10.1. The highest BCUT2D eigenvalue weighted by Gasteiger charge is 2.15. The van der Waals surface area contributed by atoms with E-state index in [0.717, 1.165) is 30.2 Å². The Morgan fingerprint density at radius 2 is 1.76 bits per heavy atom. The van der Waals surface area contributed by atoms with E-state index < -0.39 is 10.0 Å². The monoisotopic (exact) mass is 420 g/mol. The zero-order chi connectivity index (χ0) is 21.6. The number of sulfonamides is 1. The van der Waals surface area contributed by atoms with Gasteiger partial charge < -0.3 is 14.8 Å². The van der Waals surface area contributed by atoms with Gasteiger partial charge in [-0.2, -0.15) is 0 Å². The molecule has 158 valence electrons. The molecular weight excluding hydrogens is 392 g/mol. The second-order valence-electron chi connectivity index (χ2n) is 6.78. The van der Waals surface area contributed by atoms with E-state index in [4.69, 9.17) is 9.47 Å². The third kappa shape index (κ3) is 5.87. The Hall–Kier alpha value is -2.74. The third-order valence-electron chi connectivity index (χ3n) is 4.67. The lowest BCUT2D eigenvalue weighted by Crippen LogP contribution is -2.27. The SMILES string of the molecule is COc1ccc(CCCNC(=O)c2ccc(N(C)S(C)(=O)=O)c(C)c2)cc1OC. The lowest BCUT2D eigenvalue weighted by molar-refractivity contribution is 0.0953. The number of hydrogen-bond acceptors (Lipinski definition) is 5. The molecule has 0 aliphatic rings. The van der Waals surface area contributed by atoms with E-state index in [0.29, 0.717) is 29.3 Å². The third-order valence-corrected chi connectivity index (χ3v) is 5.86. The summed E-state index contributed by atoms with van der Waals surface area (Å²) in [5, 5.41) is 2.90. The van der Waals surface area contributed by atoms with E-state index in [9.17, 15) is 13.2 Å². The maximum atomic E-state index is 12.4. The van der Waals surface area contributed by atoms with E-state index in [-0.39, 0.29) is 5.91 Å². The van der Waals surface area contributed by atoms with Crippen molar-refractivity contribution in [2.45, 2.75) is 19.8 Å². The van der Waals surface area contributed by atoms with Crippen LogP contribution in [-0.4, -0.2) is 48.4 Å². The molecule has 1 N–H and O–H groups in total. The van der Waals surface area contributed by atoms with Crippen LogP contribution >= 0.6 is 0 Å². The predicted octanol–water partition coefficient (Wildman–Crippen LogP) is 2.77. The van der Waals surface area contributed by atoms with Gasteiger partial charge in [-0.15, -0.1) is 0 Å². The van der Waals surface area contributed by atoms with Crippen LogP contribution < -0.4 is 19.1 Å². The number of rotatable bonds is 9. The molecule has 0 radical (unpaired) electrons. The van der Waals surface area contributed by atoms with Crippen molar-refractivity contribution in [3.05, 3.63) is 53.1 Å². The molecule has 1 amide bonds. The Labute approximate surface area is 172 Å². The van der Waals surface area contributed by atoms with Gasteiger partial charge in [0.25, 0.3) is 5.91 Å². The van der Waals surface area contributed by atoms with Gasteiger partial charge in [0.2, 0.25) is 10.0 Å². The highest BCUT2D eigenvalue weighted by molar-refractivity contribution is 7.92. The average Bonchev–Trinajstić information content (AvgIpc) is 2.69. The van der Waals surface area contributed by atoms with Crippen molar-refractivity contribution < 1.29 is 22.7 Å². The standard InChI is InChI=1S/C21H28N2O5S/c1-15-13-17(9-10-18(15)23(2)29(5,25)26)21(24)22-12-6-7-16-8-11-19(27-3)20(14-16)28-4/h8-11,13-14H,6-7,12H2,1-5H3,(H,22,24). The van der Waals surface area contributed by atoms with Gasteiger partial charge in [0.1, 0.15) is 0 Å². The van der Waals surface area contributed by atoms with E-state index in [1.165, 1.54) is 11.4 Å². The second kappa shape index (κ2) is 9.65. The van der Waals surface area contributed by atoms with Crippen LogP contribution in [0.2, 0.25) is 0 Å². The van der Waals surface area contributed by atoms with Gasteiger partial charge in [0, 0.05) is 19.2 Å². The molecule has 8 heteroatoms. The largest absolute Gasteiger partial charge is 0.493 e. The van der Waals surface area contributed by atoms with Crippen molar-refractivity contribution in [1.29, 1.82) is 0 Å². The van der Waals surface area contributed by atoms with Crippen LogP contribution in [0.4, 0.5) is 5.69 Å². The number of nitrogens with one attached hydrogen (secondary N) is 1.